The number of aryl methyl sites for hydroxylation is 1. The summed E-state index contributed by atoms with van der Waals surface area (Å²) in [5.74, 6) is 0.243. The zero-order valence-corrected chi connectivity index (χ0v) is 11.0. The molecule has 1 aromatic carbocycles. The van der Waals surface area contributed by atoms with Gasteiger partial charge in [0.2, 0.25) is 0 Å². The van der Waals surface area contributed by atoms with Gasteiger partial charge in [0, 0.05) is 6.20 Å². The summed E-state index contributed by atoms with van der Waals surface area (Å²) < 4.78 is 26.6. The number of anilines is 1. The summed E-state index contributed by atoms with van der Waals surface area (Å²) in [6, 6.07) is 11.1. The van der Waals surface area contributed by atoms with Crippen molar-refractivity contribution in [2.45, 2.75) is 11.8 Å². The van der Waals surface area contributed by atoms with Gasteiger partial charge in [0.1, 0.15) is 5.82 Å². The van der Waals surface area contributed by atoms with Gasteiger partial charge in [-0.3, -0.25) is 4.72 Å². The molecule has 0 atom stereocenters. The van der Waals surface area contributed by atoms with E-state index >= 15 is 0 Å². The predicted octanol–water partition coefficient (Wildman–Crippen LogP) is 2.06. The maximum atomic E-state index is 12.1. The van der Waals surface area contributed by atoms with Crippen molar-refractivity contribution >= 4 is 15.8 Å². The standard InChI is InChI=1S/C13H11N3O2S/c1-10-5-6-13(15-9-10)16-19(17,18)12-4-2-3-11(7-12)8-14/h2-7,9H,1H3,(H,15,16). The number of aromatic nitrogens is 1. The van der Waals surface area contributed by atoms with Crippen LogP contribution in [0.15, 0.2) is 47.5 Å². The van der Waals surface area contributed by atoms with Gasteiger partial charge in [-0.1, -0.05) is 12.1 Å². The van der Waals surface area contributed by atoms with Gasteiger partial charge in [0.05, 0.1) is 16.5 Å². The Kier molecular flexibility index (Phi) is 3.49. The van der Waals surface area contributed by atoms with Crippen LogP contribution < -0.4 is 4.72 Å². The van der Waals surface area contributed by atoms with Crippen LogP contribution in [0.5, 0.6) is 0 Å². The Hall–Kier alpha value is -2.39. The van der Waals surface area contributed by atoms with E-state index < -0.39 is 10.0 Å². The Labute approximate surface area is 111 Å². The van der Waals surface area contributed by atoms with Crippen molar-refractivity contribution in [3.8, 4) is 6.07 Å². The van der Waals surface area contributed by atoms with Crippen molar-refractivity contribution < 1.29 is 8.42 Å². The van der Waals surface area contributed by atoms with Gasteiger partial charge < -0.3 is 0 Å². The lowest BCUT2D eigenvalue weighted by molar-refractivity contribution is 0.601. The maximum absolute atomic E-state index is 12.1. The van der Waals surface area contributed by atoms with E-state index in [4.69, 9.17) is 5.26 Å². The summed E-state index contributed by atoms with van der Waals surface area (Å²) in [7, 11) is -3.72. The van der Waals surface area contributed by atoms with Crippen molar-refractivity contribution in [1.29, 1.82) is 5.26 Å². The highest BCUT2D eigenvalue weighted by molar-refractivity contribution is 7.92. The number of sulfonamides is 1. The molecule has 2 rings (SSSR count). The summed E-state index contributed by atoms with van der Waals surface area (Å²) >= 11 is 0. The van der Waals surface area contributed by atoms with Gasteiger partial charge in [-0.05, 0) is 36.8 Å². The minimum absolute atomic E-state index is 0.0360. The van der Waals surface area contributed by atoms with E-state index in [0.29, 0.717) is 5.56 Å². The first-order chi connectivity index (χ1) is 9.01. The lowest BCUT2D eigenvalue weighted by Crippen LogP contribution is -2.14. The number of nitriles is 1. The smallest absolute Gasteiger partial charge is 0.263 e. The second-order valence-corrected chi connectivity index (χ2v) is 5.65. The van der Waals surface area contributed by atoms with Crippen LogP contribution in [0.3, 0.4) is 0 Å². The number of nitrogens with zero attached hydrogens (tertiary/aromatic N) is 2. The highest BCUT2D eigenvalue weighted by atomic mass is 32.2. The van der Waals surface area contributed by atoms with E-state index in [9.17, 15) is 8.42 Å². The van der Waals surface area contributed by atoms with Crippen LogP contribution in [0.2, 0.25) is 0 Å². The van der Waals surface area contributed by atoms with Gasteiger partial charge in [0.25, 0.3) is 10.0 Å². The molecule has 0 radical (unpaired) electrons. The van der Waals surface area contributed by atoms with Crippen molar-refractivity contribution in [3.05, 3.63) is 53.7 Å². The third kappa shape index (κ3) is 3.09. The van der Waals surface area contributed by atoms with Gasteiger partial charge in [-0.15, -0.1) is 0 Å². The third-order valence-electron chi connectivity index (χ3n) is 2.42. The number of nitrogens with one attached hydrogen (secondary N) is 1. The minimum Gasteiger partial charge on any atom is -0.263 e. The number of hydrogen-bond acceptors (Lipinski definition) is 4. The summed E-state index contributed by atoms with van der Waals surface area (Å²) in [6.45, 7) is 1.86. The molecule has 6 heteroatoms. The molecule has 0 fully saturated rings. The molecular formula is C13H11N3O2S. The average molecular weight is 273 g/mol. The van der Waals surface area contributed by atoms with Crippen LogP contribution >= 0.6 is 0 Å². The lowest BCUT2D eigenvalue weighted by Gasteiger charge is -2.07. The molecule has 0 aliphatic heterocycles. The van der Waals surface area contributed by atoms with Crippen LogP contribution in [-0.2, 0) is 10.0 Å². The van der Waals surface area contributed by atoms with Crippen LogP contribution in [0.4, 0.5) is 5.82 Å². The zero-order valence-electron chi connectivity index (χ0n) is 10.2. The molecule has 1 heterocycles. The fourth-order valence-corrected chi connectivity index (χ4v) is 2.51. The Morgan fingerprint density at radius 2 is 2.05 bits per heavy atom. The summed E-state index contributed by atoms with van der Waals surface area (Å²) in [5, 5.41) is 8.77. The molecule has 2 aromatic rings. The van der Waals surface area contributed by atoms with Crippen LogP contribution in [0, 0.1) is 18.3 Å². The molecule has 0 bridgehead atoms. The highest BCUT2D eigenvalue weighted by Gasteiger charge is 2.15. The quantitative estimate of drug-likeness (QED) is 0.927. The Bertz CT molecular complexity index is 731. The fourth-order valence-electron chi connectivity index (χ4n) is 1.46. The van der Waals surface area contributed by atoms with Crippen molar-refractivity contribution in [3.63, 3.8) is 0 Å². The second-order valence-electron chi connectivity index (χ2n) is 3.97. The normalized spacial score (nSPS) is 10.7. The number of benzene rings is 1. The summed E-state index contributed by atoms with van der Waals surface area (Å²) in [4.78, 5) is 4.01. The van der Waals surface area contributed by atoms with Crippen LogP contribution in [0.1, 0.15) is 11.1 Å². The number of hydrogen-bond donors (Lipinski definition) is 1. The molecular weight excluding hydrogens is 262 g/mol. The first-order valence-corrected chi connectivity index (χ1v) is 6.95. The van der Waals surface area contributed by atoms with Crippen molar-refractivity contribution in [1.82, 2.24) is 4.98 Å². The molecule has 0 aliphatic rings. The Morgan fingerprint density at radius 1 is 1.26 bits per heavy atom. The van der Waals surface area contributed by atoms with E-state index in [1.165, 1.54) is 18.2 Å². The molecule has 0 saturated carbocycles. The lowest BCUT2D eigenvalue weighted by atomic mass is 10.2. The minimum atomic E-state index is -3.72. The molecule has 0 saturated heterocycles. The second kappa shape index (κ2) is 5.08. The third-order valence-corrected chi connectivity index (χ3v) is 3.78. The fraction of sp³-hybridized carbons (Fsp3) is 0.0769. The average Bonchev–Trinajstić information content (AvgIpc) is 2.41. The maximum Gasteiger partial charge on any atom is 0.263 e. The molecule has 0 spiro atoms. The largest absolute Gasteiger partial charge is 0.263 e. The monoisotopic (exact) mass is 273 g/mol. The predicted molar refractivity (Wildman–Crippen MR) is 70.9 cm³/mol. The highest BCUT2D eigenvalue weighted by Crippen LogP contribution is 2.15. The van der Waals surface area contributed by atoms with Crippen LogP contribution in [-0.4, -0.2) is 13.4 Å². The molecule has 19 heavy (non-hydrogen) atoms. The van der Waals surface area contributed by atoms with Gasteiger partial charge >= 0.3 is 0 Å². The van der Waals surface area contributed by atoms with Gasteiger partial charge in [-0.25, -0.2) is 13.4 Å². The summed E-state index contributed by atoms with van der Waals surface area (Å²) in [6.07, 6.45) is 1.57. The topological polar surface area (TPSA) is 82.9 Å². The number of rotatable bonds is 3. The molecule has 0 unspecified atom stereocenters. The van der Waals surface area contributed by atoms with E-state index in [2.05, 4.69) is 9.71 Å². The van der Waals surface area contributed by atoms with E-state index in [0.717, 1.165) is 5.56 Å². The molecule has 1 N–H and O–H groups in total. The van der Waals surface area contributed by atoms with Crippen molar-refractivity contribution in [2.24, 2.45) is 0 Å². The number of pyridine rings is 1. The Morgan fingerprint density at radius 3 is 2.68 bits per heavy atom. The van der Waals surface area contributed by atoms with Gasteiger partial charge in [0.15, 0.2) is 0 Å². The molecule has 0 aliphatic carbocycles. The van der Waals surface area contributed by atoms with E-state index in [-0.39, 0.29) is 10.7 Å². The molecule has 96 valence electrons. The molecule has 1 aromatic heterocycles. The van der Waals surface area contributed by atoms with E-state index in [1.807, 2.05) is 13.0 Å². The zero-order chi connectivity index (χ0) is 13.9. The Balaban J connectivity index is 2.32. The molecule has 5 nitrogen and oxygen atoms in total. The van der Waals surface area contributed by atoms with Gasteiger partial charge in [-0.2, -0.15) is 5.26 Å². The SMILES string of the molecule is Cc1ccc(NS(=O)(=O)c2cccc(C#N)c2)nc1. The molecule has 0 amide bonds. The summed E-state index contributed by atoms with van der Waals surface area (Å²) in [5.41, 5.74) is 1.23. The van der Waals surface area contributed by atoms with Crippen molar-refractivity contribution in [2.75, 3.05) is 4.72 Å². The first-order valence-electron chi connectivity index (χ1n) is 5.47. The first kappa shape index (κ1) is 13.1. The van der Waals surface area contributed by atoms with Crippen LogP contribution in [0.25, 0.3) is 0 Å². The van der Waals surface area contributed by atoms with E-state index in [1.54, 1.807) is 24.4 Å².